The molecule has 0 atom stereocenters. The smallest absolute Gasteiger partial charge is 0.180 e. The van der Waals surface area contributed by atoms with Crippen molar-refractivity contribution in [3.05, 3.63) is 84.9 Å². The van der Waals surface area contributed by atoms with E-state index in [0.717, 1.165) is 44.8 Å². The number of benzene rings is 1. The molecule has 0 saturated carbocycles. The Hall–Kier alpha value is -3.86. The molecule has 4 aromatic heterocycles. The Balaban J connectivity index is 1.70. The van der Waals surface area contributed by atoms with Crippen LogP contribution in [0.2, 0.25) is 0 Å². The zero-order chi connectivity index (χ0) is 18.9. The van der Waals surface area contributed by atoms with Crippen LogP contribution in [0.3, 0.4) is 0 Å². The Morgan fingerprint density at radius 1 is 0.750 bits per heavy atom. The lowest BCUT2D eigenvalue weighted by Gasteiger charge is -2.08. The summed E-state index contributed by atoms with van der Waals surface area (Å²) in [6, 6.07) is 20.2. The number of H-pyrrole nitrogens is 1. The Kier molecular flexibility index (Phi) is 3.91. The summed E-state index contributed by atoms with van der Waals surface area (Å²) >= 11 is 0. The van der Waals surface area contributed by atoms with Gasteiger partial charge in [-0.1, -0.05) is 36.4 Å². The van der Waals surface area contributed by atoms with Crippen molar-refractivity contribution < 1.29 is 0 Å². The third-order valence-corrected chi connectivity index (χ3v) is 4.65. The second-order valence-corrected chi connectivity index (χ2v) is 6.63. The highest BCUT2D eigenvalue weighted by molar-refractivity contribution is 5.92. The molecule has 0 spiro atoms. The maximum absolute atomic E-state index is 4.86. The third kappa shape index (κ3) is 2.93. The summed E-state index contributed by atoms with van der Waals surface area (Å²) in [5, 5.41) is 0.961. The maximum atomic E-state index is 4.86. The predicted octanol–water partition coefficient (Wildman–Crippen LogP) is 5.06. The van der Waals surface area contributed by atoms with Crippen LogP contribution in [0.1, 0.15) is 5.69 Å². The van der Waals surface area contributed by atoms with Crippen molar-refractivity contribution in [1.82, 2.24) is 24.9 Å². The monoisotopic (exact) mass is 363 g/mol. The SMILES string of the molecule is Cc1cccc(-c2nc(-c3cncc(-c4ccccc4)c3)c3cc[nH]c3n2)n1. The molecule has 5 heteroatoms. The molecule has 0 amide bonds. The summed E-state index contributed by atoms with van der Waals surface area (Å²) < 4.78 is 0. The fraction of sp³-hybridized carbons (Fsp3) is 0.0435. The first-order valence-corrected chi connectivity index (χ1v) is 9.08. The molecule has 5 rings (SSSR count). The molecule has 5 aromatic rings. The molecule has 4 heterocycles. The summed E-state index contributed by atoms with van der Waals surface area (Å²) in [7, 11) is 0. The van der Waals surface area contributed by atoms with Crippen molar-refractivity contribution in [2.24, 2.45) is 0 Å². The molecule has 0 radical (unpaired) electrons. The summed E-state index contributed by atoms with van der Waals surface area (Å²) in [6.07, 6.45) is 5.59. The van der Waals surface area contributed by atoms with Gasteiger partial charge in [-0.25, -0.2) is 15.0 Å². The van der Waals surface area contributed by atoms with Crippen molar-refractivity contribution >= 4 is 11.0 Å². The number of hydrogen-bond donors (Lipinski definition) is 1. The van der Waals surface area contributed by atoms with Crippen molar-refractivity contribution in [1.29, 1.82) is 0 Å². The normalized spacial score (nSPS) is 11.0. The molecule has 0 fully saturated rings. The molecule has 28 heavy (non-hydrogen) atoms. The van der Waals surface area contributed by atoms with Gasteiger partial charge in [-0.05, 0) is 36.8 Å². The lowest BCUT2D eigenvalue weighted by Crippen LogP contribution is -1.97. The molecule has 0 unspecified atom stereocenters. The zero-order valence-electron chi connectivity index (χ0n) is 15.3. The average molecular weight is 363 g/mol. The Bertz CT molecular complexity index is 1270. The fourth-order valence-electron chi connectivity index (χ4n) is 3.30. The summed E-state index contributed by atoms with van der Waals surface area (Å²) in [5.41, 5.74) is 6.44. The molecular weight excluding hydrogens is 346 g/mol. The number of fused-ring (bicyclic) bond motifs is 1. The lowest BCUT2D eigenvalue weighted by molar-refractivity contribution is 1.13. The molecular formula is C23H17N5. The molecule has 0 aliphatic heterocycles. The topological polar surface area (TPSA) is 67.3 Å². The van der Waals surface area contributed by atoms with Crippen molar-refractivity contribution in [3.63, 3.8) is 0 Å². The van der Waals surface area contributed by atoms with E-state index in [4.69, 9.17) is 4.98 Å². The number of rotatable bonds is 3. The van der Waals surface area contributed by atoms with Gasteiger partial charge in [-0.15, -0.1) is 0 Å². The van der Waals surface area contributed by atoms with Gasteiger partial charge in [-0.3, -0.25) is 4.98 Å². The first kappa shape index (κ1) is 16.3. The highest BCUT2D eigenvalue weighted by Crippen LogP contribution is 2.30. The molecule has 0 aliphatic carbocycles. The summed E-state index contributed by atoms with van der Waals surface area (Å²) in [6.45, 7) is 1.96. The van der Waals surface area contributed by atoms with Crippen LogP contribution in [-0.4, -0.2) is 24.9 Å². The van der Waals surface area contributed by atoms with Gasteiger partial charge in [0, 0.05) is 40.8 Å². The van der Waals surface area contributed by atoms with Crippen molar-refractivity contribution in [2.45, 2.75) is 6.92 Å². The Labute approximate surface area is 162 Å². The maximum Gasteiger partial charge on any atom is 0.180 e. The van der Waals surface area contributed by atoms with E-state index in [2.05, 4.69) is 38.1 Å². The molecule has 0 aliphatic rings. The number of pyridine rings is 2. The number of hydrogen-bond acceptors (Lipinski definition) is 4. The van der Waals surface area contributed by atoms with E-state index in [1.54, 1.807) is 0 Å². The van der Waals surface area contributed by atoms with Crippen LogP contribution >= 0.6 is 0 Å². The van der Waals surface area contributed by atoms with Crippen molar-refractivity contribution in [3.8, 4) is 33.9 Å². The van der Waals surface area contributed by atoms with Gasteiger partial charge >= 0.3 is 0 Å². The van der Waals surface area contributed by atoms with E-state index in [1.165, 1.54) is 0 Å². The quantitative estimate of drug-likeness (QED) is 0.487. The third-order valence-electron chi connectivity index (χ3n) is 4.65. The summed E-state index contributed by atoms with van der Waals surface area (Å²) in [4.78, 5) is 21.8. The standard InChI is InChI=1S/C23H17N5/c1-15-6-5-9-20(26-15)23-27-21(19-10-11-25-22(19)28-23)18-12-17(13-24-14-18)16-7-3-2-4-8-16/h2-14H,1H3,(H,25,27,28). The highest BCUT2D eigenvalue weighted by atomic mass is 15.0. The first-order valence-electron chi connectivity index (χ1n) is 9.08. The highest BCUT2D eigenvalue weighted by Gasteiger charge is 2.14. The van der Waals surface area contributed by atoms with Gasteiger partial charge in [0.05, 0.1) is 5.69 Å². The van der Waals surface area contributed by atoms with E-state index < -0.39 is 0 Å². The van der Waals surface area contributed by atoms with Gasteiger partial charge in [0.25, 0.3) is 0 Å². The largest absolute Gasteiger partial charge is 0.346 e. The van der Waals surface area contributed by atoms with E-state index in [0.29, 0.717) is 5.82 Å². The van der Waals surface area contributed by atoms with Gasteiger partial charge in [0.1, 0.15) is 11.3 Å². The second kappa shape index (κ2) is 6.70. The number of aryl methyl sites for hydroxylation is 1. The number of aromatic nitrogens is 5. The van der Waals surface area contributed by atoms with Gasteiger partial charge in [-0.2, -0.15) is 0 Å². The number of nitrogens with one attached hydrogen (secondary N) is 1. The predicted molar refractivity (Wildman–Crippen MR) is 111 cm³/mol. The van der Waals surface area contributed by atoms with Gasteiger partial charge in [0.2, 0.25) is 0 Å². The molecule has 1 N–H and O–H groups in total. The average Bonchev–Trinajstić information content (AvgIpc) is 3.22. The van der Waals surface area contributed by atoms with Crippen LogP contribution in [-0.2, 0) is 0 Å². The molecule has 134 valence electrons. The van der Waals surface area contributed by atoms with Gasteiger partial charge < -0.3 is 4.98 Å². The van der Waals surface area contributed by atoms with E-state index in [-0.39, 0.29) is 0 Å². The first-order chi connectivity index (χ1) is 13.8. The van der Waals surface area contributed by atoms with Crippen LogP contribution < -0.4 is 0 Å². The minimum atomic E-state index is 0.596. The minimum Gasteiger partial charge on any atom is -0.346 e. The van der Waals surface area contributed by atoms with E-state index in [9.17, 15) is 0 Å². The molecule has 5 nitrogen and oxygen atoms in total. The molecule has 1 aromatic carbocycles. The minimum absolute atomic E-state index is 0.596. The Morgan fingerprint density at radius 3 is 2.46 bits per heavy atom. The van der Waals surface area contributed by atoms with E-state index in [1.807, 2.05) is 68.0 Å². The second-order valence-electron chi connectivity index (χ2n) is 6.63. The molecule has 0 saturated heterocycles. The van der Waals surface area contributed by atoms with Crippen LogP contribution in [0.25, 0.3) is 44.9 Å². The fourth-order valence-corrected chi connectivity index (χ4v) is 3.30. The molecule has 0 bridgehead atoms. The van der Waals surface area contributed by atoms with Crippen molar-refractivity contribution in [2.75, 3.05) is 0 Å². The lowest BCUT2D eigenvalue weighted by atomic mass is 10.0. The van der Waals surface area contributed by atoms with Crippen LogP contribution in [0, 0.1) is 6.92 Å². The van der Waals surface area contributed by atoms with Gasteiger partial charge in [0.15, 0.2) is 5.82 Å². The van der Waals surface area contributed by atoms with Crippen LogP contribution in [0.4, 0.5) is 0 Å². The number of nitrogens with zero attached hydrogens (tertiary/aromatic N) is 4. The zero-order valence-corrected chi connectivity index (χ0v) is 15.3. The van der Waals surface area contributed by atoms with E-state index >= 15 is 0 Å². The Morgan fingerprint density at radius 2 is 1.61 bits per heavy atom. The number of aromatic amines is 1. The van der Waals surface area contributed by atoms with Crippen LogP contribution in [0.15, 0.2) is 79.3 Å². The van der Waals surface area contributed by atoms with Crippen LogP contribution in [0.5, 0.6) is 0 Å². The summed E-state index contributed by atoms with van der Waals surface area (Å²) in [5.74, 6) is 0.596.